The lowest BCUT2D eigenvalue weighted by Crippen LogP contribution is -2.10. The van der Waals surface area contributed by atoms with Crippen LogP contribution in [0.2, 0.25) is 0 Å². The van der Waals surface area contributed by atoms with Gasteiger partial charge in [0.15, 0.2) is 0 Å². The predicted molar refractivity (Wildman–Crippen MR) is 98.7 cm³/mol. The molecule has 2 aromatic rings. The number of benzene rings is 2. The molecule has 0 aliphatic rings. The van der Waals surface area contributed by atoms with Gasteiger partial charge in [-0.1, -0.05) is 36.4 Å². The molecule has 2 rings (SSSR count). The summed E-state index contributed by atoms with van der Waals surface area (Å²) in [5.74, 6) is 1.49. The minimum absolute atomic E-state index is 0.00329. The Bertz CT molecular complexity index is 576. The normalized spacial score (nSPS) is 10.7. The summed E-state index contributed by atoms with van der Waals surface area (Å²) in [5, 5.41) is 17.4. The van der Waals surface area contributed by atoms with Crippen molar-refractivity contribution in [2.75, 3.05) is 52.9 Å². The third-order valence-corrected chi connectivity index (χ3v) is 3.51. The van der Waals surface area contributed by atoms with Crippen LogP contribution in [0.5, 0.6) is 11.5 Å². The molecule has 0 saturated carbocycles. The van der Waals surface area contributed by atoms with E-state index in [1.807, 2.05) is 48.5 Å². The van der Waals surface area contributed by atoms with Crippen LogP contribution in [0.4, 0.5) is 0 Å². The monoisotopic (exact) mass is 362 g/mol. The van der Waals surface area contributed by atoms with Gasteiger partial charge in [-0.15, -0.1) is 0 Å². The highest BCUT2D eigenvalue weighted by atomic mass is 16.5. The molecule has 0 fully saturated rings. The molecule has 142 valence electrons. The van der Waals surface area contributed by atoms with Gasteiger partial charge in [-0.05, 0) is 12.1 Å². The summed E-state index contributed by atoms with van der Waals surface area (Å²) in [5.41, 5.74) is 1.86. The second-order valence-electron chi connectivity index (χ2n) is 5.36. The molecular weight excluding hydrogens is 336 g/mol. The summed E-state index contributed by atoms with van der Waals surface area (Å²) >= 11 is 0. The third kappa shape index (κ3) is 6.65. The number of para-hydroxylation sites is 2. The first-order valence-corrected chi connectivity index (χ1v) is 8.68. The van der Waals surface area contributed by atoms with Gasteiger partial charge in [-0.25, -0.2) is 0 Å². The minimum Gasteiger partial charge on any atom is -0.491 e. The fraction of sp³-hybridized carbons (Fsp3) is 0.400. The third-order valence-electron chi connectivity index (χ3n) is 3.51. The highest BCUT2D eigenvalue weighted by molar-refractivity contribution is 5.75. The molecule has 0 bridgehead atoms. The Balaban J connectivity index is 2.03. The summed E-state index contributed by atoms with van der Waals surface area (Å²) in [6, 6.07) is 15.5. The topological polar surface area (TPSA) is 77.4 Å². The highest BCUT2D eigenvalue weighted by Crippen LogP contribution is 2.36. The summed E-state index contributed by atoms with van der Waals surface area (Å²) in [6.07, 6.45) is 0. The number of rotatable bonds is 13. The van der Waals surface area contributed by atoms with Crippen molar-refractivity contribution in [2.45, 2.75) is 0 Å². The number of ether oxygens (including phenoxy) is 4. The summed E-state index contributed by atoms with van der Waals surface area (Å²) in [7, 11) is 0. The number of hydrogen-bond acceptors (Lipinski definition) is 6. The maximum atomic E-state index is 8.72. The van der Waals surface area contributed by atoms with Crippen LogP contribution in [-0.4, -0.2) is 63.1 Å². The van der Waals surface area contributed by atoms with Crippen LogP contribution in [0, 0.1) is 0 Å². The second-order valence-corrected chi connectivity index (χ2v) is 5.36. The molecule has 2 N–H and O–H groups in total. The first-order chi connectivity index (χ1) is 12.9. The molecule has 0 unspecified atom stereocenters. The van der Waals surface area contributed by atoms with Crippen molar-refractivity contribution in [3.8, 4) is 22.6 Å². The van der Waals surface area contributed by atoms with E-state index in [2.05, 4.69) is 0 Å². The van der Waals surface area contributed by atoms with Crippen LogP contribution in [0.1, 0.15) is 0 Å². The molecule has 0 aromatic heterocycles. The Morgan fingerprint density at radius 1 is 0.538 bits per heavy atom. The molecular formula is C20H26O6. The zero-order chi connectivity index (χ0) is 18.5. The number of aliphatic hydroxyl groups excluding tert-OH is 2. The molecule has 26 heavy (non-hydrogen) atoms. The lowest BCUT2D eigenvalue weighted by atomic mass is 10.0. The van der Waals surface area contributed by atoms with Crippen LogP contribution in [0.25, 0.3) is 11.1 Å². The average Bonchev–Trinajstić information content (AvgIpc) is 2.68. The van der Waals surface area contributed by atoms with E-state index in [4.69, 9.17) is 29.2 Å². The molecule has 6 heteroatoms. The maximum Gasteiger partial charge on any atom is 0.127 e. The number of aliphatic hydroxyl groups is 2. The van der Waals surface area contributed by atoms with Crippen molar-refractivity contribution in [3.05, 3.63) is 48.5 Å². The first-order valence-electron chi connectivity index (χ1n) is 8.68. The molecule has 0 radical (unpaired) electrons. The number of hydrogen-bond donors (Lipinski definition) is 2. The van der Waals surface area contributed by atoms with Crippen LogP contribution in [-0.2, 0) is 9.47 Å². The molecule has 2 aromatic carbocycles. The van der Waals surface area contributed by atoms with Crippen LogP contribution < -0.4 is 9.47 Å². The Hall–Kier alpha value is -2.12. The standard InChI is InChI=1S/C20H26O6/c21-9-11-23-13-15-25-19-7-3-1-5-17(19)18-6-2-4-8-20(18)26-16-14-24-12-10-22/h1-8,21-22H,9-16H2. The molecule has 0 heterocycles. The Kier molecular flexibility index (Phi) is 9.53. The van der Waals surface area contributed by atoms with E-state index < -0.39 is 0 Å². The van der Waals surface area contributed by atoms with Gasteiger partial charge in [0.2, 0.25) is 0 Å². The van der Waals surface area contributed by atoms with Crippen molar-refractivity contribution < 1.29 is 29.2 Å². The average molecular weight is 362 g/mol. The zero-order valence-electron chi connectivity index (χ0n) is 14.8. The van der Waals surface area contributed by atoms with E-state index in [1.54, 1.807) is 0 Å². The fourth-order valence-corrected chi connectivity index (χ4v) is 2.38. The quantitative estimate of drug-likeness (QED) is 0.532. The van der Waals surface area contributed by atoms with E-state index >= 15 is 0 Å². The lowest BCUT2D eigenvalue weighted by Gasteiger charge is -2.15. The van der Waals surface area contributed by atoms with Crippen molar-refractivity contribution in [1.82, 2.24) is 0 Å². The predicted octanol–water partition coefficient (Wildman–Crippen LogP) is 2.13. The highest BCUT2D eigenvalue weighted by Gasteiger charge is 2.11. The smallest absolute Gasteiger partial charge is 0.127 e. The maximum absolute atomic E-state index is 8.72. The molecule has 0 spiro atoms. The van der Waals surface area contributed by atoms with E-state index in [0.29, 0.717) is 39.6 Å². The van der Waals surface area contributed by atoms with Crippen molar-refractivity contribution >= 4 is 0 Å². The lowest BCUT2D eigenvalue weighted by molar-refractivity contribution is 0.0702. The molecule has 0 atom stereocenters. The van der Waals surface area contributed by atoms with Crippen LogP contribution in [0.3, 0.4) is 0 Å². The molecule has 0 saturated heterocycles. The van der Waals surface area contributed by atoms with Crippen LogP contribution >= 0.6 is 0 Å². The van der Waals surface area contributed by atoms with Gasteiger partial charge < -0.3 is 29.2 Å². The largest absolute Gasteiger partial charge is 0.491 e. The van der Waals surface area contributed by atoms with Crippen molar-refractivity contribution in [3.63, 3.8) is 0 Å². The second kappa shape index (κ2) is 12.3. The van der Waals surface area contributed by atoms with E-state index in [0.717, 1.165) is 22.6 Å². The van der Waals surface area contributed by atoms with Gasteiger partial charge in [0.25, 0.3) is 0 Å². The molecule has 0 aliphatic heterocycles. The van der Waals surface area contributed by atoms with E-state index in [9.17, 15) is 0 Å². The van der Waals surface area contributed by atoms with Crippen LogP contribution in [0.15, 0.2) is 48.5 Å². The molecule has 0 amide bonds. The summed E-state index contributed by atoms with van der Waals surface area (Å²) in [6.45, 7) is 2.24. The van der Waals surface area contributed by atoms with Gasteiger partial charge in [-0.3, -0.25) is 0 Å². The Morgan fingerprint density at radius 2 is 0.962 bits per heavy atom. The van der Waals surface area contributed by atoms with Gasteiger partial charge in [0.05, 0.1) is 39.6 Å². The van der Waals surface area contributed by atoms with Gasteiger partial charge in [0, 0.05) is 11.1 Å². The first kappa shape index (κ1) is 20.2. The van der Waals surface area contributed by atoms with E-state index in [-0.39, 0.29) is 13.2 Å². The summed E-state index contributed by atoms with van der Waals surface area (Å²) < 4.78 is 22.1. The summed E-state index contributed by atoms with van der Waals surface area (Å²) in [4.78, 5) is 0. The van der Waals surface area contributed by atoms with Gasteiger partial charge >= 0.3 is 0 Å². The van der Waals surface area contributed by atoms with Gasteiger partial charge in [-0.2, -0.15) is 0 Å². The minimum atomic E-state index is 0.00329. The molecule has 6 nitrogen and oxygen atoms in total. The van der Waals surface area contributed by atoms with Gasteiger partial charge in [0.1, 0.15) is 24.7 Å². The molecule has 0 aliphatic carbocycles. The Labute approximate surface area is 153 Å². The van der Waals surface area contributed by atoms with Crippen molar-refractivity contribution in [2.24, 2.45) is 0 Å². The fourth-order valence-electron chi connectivity index (χ4n) is 2.38. The Morgan fingerprint density at radius 3 is 1.38 bits per heavy atom. The zero-order valence-corrected chi connectivity index (χ0v) is 14.8. The SMILES string of the molecule is OCCOCCOc1ccccc1-c1ccccc1OCCOCCO. The van der Waals surface area contributed by atoms with E-state index in [1.165, 1.54) is 0 Å². The van der Waals surface area contributed by atoms with Crippen molar-refractivity contribution in [1.29, 1.82) is 0 Å².